The van der Waals surface area contributed by atoms with Gasteiger partial charge in [0.05, 0.1) is 5.75 Å². The number of carbonyl (C=O) groups is 1. The van der Waals surface area contributed by atoms with E-state index in [4.69, 9.17) is 16.3 Å². The van der Waals surface area contributed by atoms with Crippen LogP contribution in [-0.4, -0.2) is 26.4 Å². The number of benzene rings is 2. The molecule has 1 atom stereocenters. The van der Waals surface area contributed by atoms with Gasteiger partial charge in [-0.15, -0.1) is 16.8 Å². The van der Waals surface area contributed by atoms with Crippen molar-refractivity contribution < 1.29 is 9.53 Å². The van der Waals surface area contributed by atoms with E-state index in [1.165, 1.54) is 11.8 Å². The topological polar surface area (TPSA) is 69.0 Å². The number of nitrogens with zero attached hydrogens (tertiary/aromatic N) is 3. The maximum absolute atomic E-state index is 12.5. The van der Waals surface area contributed by atoms with Crippen molar-refractivity contribution in [1.82, 2.24) is 14.8 Å². The van der Waals surface area contributed by atoms with Crippen LogP contribution in [-0.2, 0) is 11.3 Å². The molecule has 6 nitrogen and oxygen atoms in total. The van der Waals surface area contributed by atoms with Gasteiger partial charge in [-0.05, 0) is 68.7 Å². The molecule has 168 valence electrons. The van der Waals surface area contributed by atoms with E-state index in [0.29, 0.717) is 28.3 Å². The molecule has 0 aliphatic heterocycles. The largest absolute Gasteiger partial charge is 0.483 e. The fraction of sp³-hybridized carbons (Fsp3) is 0.292. The van der Waals surface area contributed by atoms with Crippen LogP contribution >= 0.6 is 23.4 Å². The number of aryl methyl sites for hydroxylation is 3. The van der Waals surface area contributed by atoms with Crippen LogP contribution in [0.4, 0.5) is 5.69 Å². The molecule has 0 saturated heterocycles. The van der Waals surface area contributed by atoms with Crippen molar-refractivity contribution in [3.63, 3.8) is 0 Å². The Kier molecular flexibility index (Phi) is 7.99. The zero-order valence-electron chi connectivity index (χ0n) is 18.7. The molecule has 8 heteroatoms. The normalized spacial score (nSPS) is 11.8. The molecule has 0 bridgehead atoms. The van der Waals surface area contributed by atoms with E-state index in [0.717, 1.165) is 22.4 Å². The number of ether oxygens (including phenoxy) is 1. The number of thioether (sulfide) groups is 1. The zero-order chi connectivity index (χ0) is 23.3. The number of amides is 1. The second-order valence-electron chi connectivity index (χ2n) is 7.57. The third-order valence-corrected chi connectivity index (χ3v) is 6.25. The summed E-state index contributed by atoms with van der Waals surface area (Å²) in [4.78, 5) is 12.5. The van der Waals surface area contributed by atoms with Gasteiger partial charge in [0.15, 0.2) is 17.1 Å². The third-order valence-electron chi connectivity index (χ3n) is 4.86. The maximum atomic E-state index is 12.5. The molecule has 3 rings (SSSR count). The second kappa shape index (κ2) is 10.7. The van der Waals surface area contributed by atoms with Crippen molar-refractivity contribution in [3.8, 4) is 5.75 Å². The fourth-order valence-corrected chi connectivity index (χ4v) is 4.01. The molecule has 1 unspecified atom stereocenters. The number of allylic oxidation sites excluding steroid dienone is 1. The smallest absolute Gasteiger partial charge is 0.234 e. The summed E-state index contributed by atoms with van der Waals surface area (Å²) in [5, 5.41) is 12.9. The number of carbonyl (C=O) groups excluding carboxylic acids is 1. The molecule has 0 aliphatic rings. The summed E-state index contributed by atoms with van der Waals surface area (Å²) in [7, 11) is 0. The average Bonchev–Trinajstić information content (AvgIpc) is 3.15. The number of hydrogen-bond acceptors (Lipinski definition) is 5. The molecule has 0 saturated carbocycles. The number of rotatable bonds is 9. The van der Waals surface area contributed by atoms with Crippen molar-refractivity contribution in [2.75, 3.05) is 11.1 Å². The van der Waals surface area contributed by atoms with Crippen LogP contribution < -0.4 is 10.1 Å². The minimum atomic E-state index is -0.346. The predicted molar refractivity (Wildman–Crippen MR) is 131 cm³/mol. The van der Waals surface area contributed by atoms with Crippen molar-refractivity contribution in [2.24, 2.45) is 0 Å². The van der Waals surface area contributed by atoms with Crippen LogP contribution in [0.25, 0.3) is 0 Å². The molecule has 0 fully saturated rings. The number of aromatic nitrogens is 3. The lowest BCUT2D eigenvalue weighted by Gasteiger charge is -2.16. The Balaban J connectivity index is 1.69. The first-order valence-electron chi connectivity index (χ1n) is 10.2. The van der Waals surface area contributed by atoms with Crippen LogP contribution in [0, 0.1) is 20.8 Å². The van der Waals surface area contributed by atoms with Gasteiger partial charge < -0.3 is 10.1 Å². The lowest BCUT2D eigenvalue weighted by molar-refractivity contribution is -0.113. The lowest BCUT2D eigenvalue weighted by Crippen LogP contribution is -2.16. The third kappa shape index (κ3) is 5.93. The van der Waals surface area contributed by atoms with Crippen LogP contribution in [0.5, 0.6) is 5.75 Å². The van der Waals surface area contributed by atoms with E-state index in [-0.39, 0.29) is 17.8 Å². The van der Waals surface area contributed by atoms with Crippen molar-refractivity contribution in [2.45, 2.75) is 45.5 Å². The van der Waals surface area contributed by atoms with Gasteiger partial charge in [0.1, 0.15) is 5.75 Å². The van der Waals surface area contributed by atoms with E-state index in [1.54, 1.807) is 6.08 Å². The summed E-state index contributed by atoms with van der Waals surface area (Å²) in [6, 6.07) is 11.5. The Morgan fingerprint density at radius 3 is 2.72 bits per heavy atom. The number of hydrogen-bond donors (Lipinski definition) is 1. The van der Waals surface area contributed by atoms with E-state index in [1.807, 2.05) is 68.7 Å². The maximum Gasteiger partial charge on any atom is 0.234 e. The minimum Gasteiger partial charge on any atom is -0.483 e. The minimum absolute atomic E-state index is 0.0978. The Hall–Kier alpha value is -2.77. The summed E-state index contributed by atoms with van der Waals surface area (Å²) >= 11 is 7.43. The highest BCUT2D eigenvalue weighted by molar-refractivity contribution is 7.99. The highest BCUT2D eigenvalue weighted by atomic mass is 35.5. The number of anilines is 1. The first kappa shape index (κ1) is 23.9. The Labute approximate surface area is 198 Å². The van der Waals surface area contributed by atoms with Gasteiger partial charge in [-0.3, -0.25) is 9.36 Å². The van der Waals surface area contributed by atoms with Gasteiger partial charge in [0.2, 0.25) is 5.91 Å². The summed E-state index contributed by atoms with van der Waals surface area (Å²) in [5.74, 6) is 1.48. The quantitative estimate of drug-likeness (QED) is 0.311. The molecule has 1 N–H and O–H groups in total. The second-order valence-corrected chi connectivity index (χ2v) is 8.92. The molecule has 1 amide bonds. The summed E-state index contributed by atoms with van der Waals surface area (Å²) in [6.45, 7) is 12.2. The van der Waals surface area contributed by atoms with E-state index in [2.05, 4.69) is 22.1 Å². The molecule has 1 heterocycles. The number of halogens is 1. The molecular weight excluding hydrogens is 444 g/mol. The Morgan fingerprint density at radius 1 is 1.22 bits per heavy atom. The average molecular weight is 471 g/mol. The van der Waals surface area contributed by atoms with Crippen molar-refractivity contribution in [3.05, 3.63) is 76.6 Å². The summed E-state index contributed by atoms with van der Waals surface area (Å²) in [6.07, 6.45) is 1.42. The van der Waals surface area contributed by atoms with Crippen LogP contribution in [0.15, 0.2) is 54.2 Å². The van der Waals surface area contributed by atoms with Crippen LogP contribution in [0.3, 0.4) is 0 Å². The predicted octanol–water partition coefficient (Wildman–Crippen LogP) is 5.91. The Morgan fingerprint density at radius 2 is 2.00 bits per heavy atom. The van der Waals surface area contributed by atoms with E-state index < -0.39 is 0 Å². The van der Waals surface area contributed by atoms with Gasteiger partial charge in [0.25, 0.3) is 0 Å². The highest BCUT2D eigenvalue weighted by Gasteiger charge is 2.20. The van der Waals surface area contributed by atoms with E-state index in [9.17, 15) is 4.79 Å². The summed E-state index contributed by atoms with van der Waals surface area (Å²) < 4.78 is 7.97. The monoisotopic (exact) mass is 470 g/mol. The van der Waals surface area contributed by atoms with Gasteiger partial charge in [-0.1, -0.05) is 41.6 Å². The van der Waals surface area contributed by atoms with Gasteiger partial charge >= 0.3 is 0 Å². The highest BCUT2D eigenvalue weighted by Crippen LogP contribution is 2.27. The summed E-state index contributed by atoms with van der Waals surface area (Å²) in [5.41, 5.74) is 3.88. The molecule has 0 radical (unpaired) electrons. The molecule has 0 aliphatic carbocycles. The first-order valence-corrected chi connectivity index (χ1v) is 11.6. The van der Waals surface area contributed by atoms with Gasteiger partial charge in [0, 0.05) is 17.3 Å². The molecule has 1 aromatic heterocycles. The van der Waals surface area contributed by atoms with Gasteiger partial charge in [-0.25, -0.2) is 0 Å². The standard InChI is InChI=1S/C24H27ClN4O2S/c1-6-11-29-23(18(5)31-19-9-10-20(25)17(4)13-19)27-28-24(29)32-14-22(30)26-21-12-15(2)7-8-16(21)3/h6-10,12-13,18H,1,11,14H2,2-5H3,(H,26,30). The molecule has 3 aromatic rings. The first-order chi connectivity index (χ1) is 15.3. The van der Waals surface area contributed by atoms with Crippen LogP contribution in [0.1, 0.15) is 35.5 Å². The molecular formula is C24H27ClN4O2S. The van der Waals surface area contributed by atoms with E-state index >= 15 is 0 Å². The van der Waals surface area contributed by atoms with Crippen molar-refractivity contribution in [1.29, 1.82) is 0 Å². The SMILES string of the molecule is C=CCn1c(SCC(=O)Nc2cc(C)ccc2C)nnc1C(C)Oc1ccc(Cl)c(C)c1. The lowest BCUT2D eigenvalue weighted by atomic mass is 10.1. The van der Waals surface area contributed by atoms with Crippen molar-refractivity contribution >= 4 is 35.0 Å². The fourth-order valence-electron chi connectivity index (χ4n) is 3.14. The molecule has 0 spiro atoms. The Bertz CT molecular complexity index is 1130. The van der Waals surface area contributed by atoms with Crippen LogP contribution in [0.2, 0.25) is 5.02 Å². The zero-order valence-corrected chi connectivity index (χ0v) is 20.3. The molecule has 2 aromatic carbocycles. The van der Waals surface area contributed by atoms with Gasteiger partial charge in [-0.2, -0.15) is 0 Å². The molecule has 32 heavy (non-hydrogen) atoms. The number of nitrogens with one attached hydrogen (secondary N) is 1.